The maximum atomic E-state index is 13.0. The number of sulfonamides is 1. The lowest BCUT2D eigenvalue weighted by molar-refractivity contribution is 0.147. The number of hydrogen-bond acceptors (Lipinski definition) is 8. The summed E-state index contributed by atoms with van der Waals surface area (Å²) in [5, 5.41) is 26.5. The second-order valence-electron chi connectivity index (χ2n) is 9.58. The summed E-state index contributed by atoms with van der Waals surface area (Å²) in [6, 6.07) is 12.1. The number of rotatable bonds is 8. The van der Waals surface area contributed by atoms with Crippen LogP contribution in [0.1, 0.15) is 35.4 Å². The number of benzene rings is 2. The number of nitrogens with one attached hydrogen (secondary N) is 1. The van der Waals surface area contributed by atoms with Crippen LogP contribution in [0.3, 0.4) is 0 Å². The van der Waals surface area contributed by atoms with Gasteiger partial charge in [-0.2, -0.15) is 5.11 Å². The summed E-state index contributed by atoms with van der Waals surface area (Å²) in [5.74, 6) is 1.17. The van der Waals surface area contributed by atoms with Crippen LogP contribution in [0.25, 0.3) is 11.1 Å². The number of nitrogens with two attached hydrogens (primary N) is 1. The van der Waals surface area contributed by atoms with E-state index in [4.69, 9.17) is 5.14 Å². The lowest BCUT2D eigenvalue weighted by Gasteiger charge is -2.32. The lowest BCUT2D eigenvalue weighted by Crippen LogP contribution is -2.39. The quantitative estimate of drug-likeness (QED) is 0.515. The smallest absolute Gasteiger partial charge is 0.239 e. The summed E-state index contributed by atoms with van der Waals surface area (Å²) < 4.78 is 26.0. The predicted molar refractivity (Wildman–Crippen MR) is 135 cm³/mol. The highest BCUT2D eigenvalue weighted by Gasteiger charge is 2.29. The molecule has 0 amide bonds. The molecular formula is C25H32N6O3S. The number of primary sulfonamides is 1. The SMILES string of the molecule is NS(=O)(=O)c1c(CC2CCN(CCO)CC2)ccc(-c2ccc(C3CNC3)cc2)c1C1=NCN=N1. The molecule has 2 saturated heterocycles. The van der Waals surface area contributed by atoms with Crippen LogP contribution in [0, 0.1) is 5.92 Å². The molecule has 9 nitrogen and oxygen atoms in total. The summed E-state index contributed by atoms with van der Waals surface area (Å²) in [6.45, 7) is 4.75. The number of aliphatic hydroxyl groups excluding tert-OH is 1. The Balaban J connectivity index is 1.53. The molecule has 0 radical (unpaired) electrons. The molecule has 3 aliphatic rings. The summed E-state index contributed by atoms with van der Waals surface area (Å²) in [6.07, 6.45) is 2.50. The lowest BCUT2D eigenvalue weighted by atomic mass is 9.87. The van der Waals surface area contributed by atoms with Gasteiger partial charge in [0.25, 0.3) is 0 Å². The first-order valence-electron chi connectivity index (χ1n) is 12.2. The minimum atomic E-state index is -4.05. The Labute approximate surface area is 206 Å². The van der Waals surface area contributed by atoms with E-state index in [0.29, 0.717) is 41.8 Å². The van der Waals surface area contributed by atoms with E-state index in [1.54, 1.807) is 0 Å². The van der Waals surface area contributed by atoms with Gasteiger partial charge in [-0.15, -0.1) is 5.11 Å². The average molecular weight is 497 g/mol. The molecule has 10 heteroatoms. The van der Waals surface area contributed by atoms with Crippen LogP contribution in [-0.2, 0) is 16.4 Å². The Hall–Kier alpha value is -2.50. The second kappa shape index (κ2) is 10.2. The van der Waals surface area contributed by atoms with Gasteiger partial charge in [-0.1, -0.05) is 36.4 Å². The standard InChI is InChI=1S/C25H32N6O3S/c26-35(33,34)24-20(13-17-7-9-31(10-8-17)11-12-32)5-6-22(23(24)25-28-16-29-30-25)19-3-1-18(2-4-19)21-14-27-15-21/h1-6,17,21,27,32H,7-16H2,(H2,26,33,34). The number of β-amino-alcohol motifs (C(OH)–C–C–N with tert-alkyl or cyclic N) is 1. The Morgan fingerprint density at radius 1 is 1.09 bits per heavy atom. The summed E-state index contributed by atoms with van der Waals surface area (Å²) >= 11 is 0. The van der Waals surface area contributed by atoms with Gasteiger partial charge in [0.2, 0.25) is 10.0 Å². The fourth-order valence-corrected chi connectivity index (χ4v) is 6.26. The van der Waals surface area contributed by atoms with Crippen LogP contribution < -0.4 is 10.5 Å². The highest BCUT2D eigenvalue weighted by molar-refractivity contribution is 7.89. The van der Waals surface area contributed by atoms with E-state index in [9.17, 15) is 13.5 Å². The molecule has 0 aliphatic carbocycles. The fourth-order valence-electron chi connectivity index (χ4n) is 5.26. The Morgan fingerprint density at radius 2 is 1.83 bits per heavy atom. The second-order valence-corrected chi connectivity index (χ2v) is 11.1. The van der Waals surface area contributed by atoms with Crippen molar-refractivity contribution in [3.63, 3.8) is 0 Å². The average Bonchev–Trinajstić information content (AvgIpc) is 3.34. The first kappa shape index (κ1) is 24.2. The Kier molecular flexibility index (Phi) is 7.08. The molecule has 4 N–H and O–H groups in total. The zero-order valence-corrected chi connectivity index (χ0v) is 20.5. The molecule has 5 rings (SSSR count). The molecule has 186 valence electrons. The van der Waals surface area contributed by atoms with Crippen molar-refractivity contribution in [3.05, 3.63) is 53.1 Å². The van der Waals surface area contributed by atoms with Crippen LogP contribution in [0.5, 0.6) is 0 Å². The third-order valence-electron chi connectivity index (χ3n) is 7.30. The van der Waals surface area contributed by atoms with Crippen molar-refractivity contribution >= 4 is 15.9 Å². The van der Waals surface area contributed by atoms with Crippen molar-refractivity contribution in [2.75, 3.05) is 46.0 Å². The highest BCUT2D eigenvalue weighted by atomic mass is 32.2. The molecule has 0 saturated carbocycles. The van der Waals surface area contributed by atoms with Gasteiger partial charge >= 0.3 is 0 Å². The van der Waals surface area contributed by atoms with Crippen LogP contribution in [0.4, 0.5) is 0 Å². The molecule has 3 aliphatic heterocycles. The van der Waals surface area contributed by atoms with Gasteiger partial charge in [0.1, 0.15) is 0 Å². The fraction of sp³-hybridized carbons (Fsp3) is 0.480. The monoisotopic (exact) mass is 496 g/mol. The third kappa shape index (κ3) is 5.22. The van der Waals surface area contributed by atoms with Gasteiger partial charge in [-0.05, 0) is 60.5 Å². The minimum absolute atomic E-state index is 0.111. The van der Waals surface area contributed by atoms with Crippen LogP contribution >= 0.6 is 0 Å². The van der Waals surface area contributed by atoms with Crippen molar-refractivity contribution in [1.82, 2.24) is 10.2 Å². The first-order valence-corrected chi connectivity index (χ1v) is 13.7. The highest BCUT2D eigenvalue weighted by Crippen LogP contribution is 2.36. The van der Waals surface area contributed by atoms with E-state index in [0.717, 1.165) is 50.1 Å². The van der Waals surface area contributed by atoms with Gasteiger partial charge in [0, 0.05) is 31.1 Å². The number of hydrogen-bond donors (Lipinski definition) is 3. The topological polar surface area (TPSA) is 133 Å². The van der Waals surface area contributed by atoms with E-state index < -0.39 is 10.0 Å². The molecule has 0 unspecified atom stereocenters. The Morgan fingerprint density at radius 3 is 2.40 bits per heavy atom. The van der Waals surface area contributed by atoms with E-state index >= 15 is 0 Å². The molecule has 2 aromatic carbocycles. The molecule has 2 aromatic rings. The van der Waals surface area contributed by atoms with E-state index in [1.807, 2.05) is 24.3 Å². The minimum Gasteiger partial charge on any atom is -0.395 e. The zero-order chi connectivity index (χ0) is 24.4. The third-order valence-corrected chi connectivity index (χ3v) is 8.34. The van der Waals surface area contributed by atoms with Gasteiger partial charge < -0.3 is 15.3 Å². The van der Waals surface area contributed by atoms with Crippen molar-refractivity contribution in [3.8, 4) is 11.1 Å². The number of likely N-dealkylation sites (tertiary alicyclic amines) is 1. The number of amidine groups is 1. The molecule has 0 spiro atoms. The van der Waals surface area contributed by atoms with Crippen molar-refractivity contribution in [2.45, 2.75) is 30.1 Å². The molecule has 0 bridgehead atoms. The van der Waals surface area contributed by atoms with Gasteiger partial charge in [-0.25, -0.2) is 18.5 Å². The van der Waals surface area contributed by atoms with Crippen molar-refractivity contribution < 1.29 is 13.5 Å². The largest absolute Gasteiger partial charge is 0.395 e. The van der Waals surface area contributed by atoms with Gasteiger partial charge in [-0.3, -0.25) is 0 Å². The number of piperidine rings is 1. The molecule has 2 fully saturated rings. The van der Waals surface area contributed by atoms with E-state index in [1.165, 1.54) is 5.56 Å². The molecule has 0 aromatic heterocycles. The number of azo groups is 1. The maximum absolute atomic E-state index is 13.0. The van der Waals surface area contributed by atoms with Gasteiger partial charge in [0.15, 0.2) is 12.5 Å². The number of aliphatic imine (C=N–C) groups is 1. The van der Waals surface area contributed by atoms with Crippen LogP contribution in [0.2, 0.25) is 0 Å². The summed E-state index contributed by atoms with van der Waals surface area (Å²) in [7, 11) is -4.05. The molecular weight excluding hydrogens is 464 g/mol. The predicted octanol–water partition coefficient (Wildman–Crippen LogP) is 2.10. The van der Waals surface area contributed by atoms with Crippen LogP contribution in [-0.4, -0.2) is 70.3 Å². The van der Waals surface area contributed by atoms with Crippen molar-refractivity contribution in [1.29, 1.82) is 0 Å². The summed E-state index contributed by atoms with van der Waals surface area (Å²) in [4.78, 5) is 6.73. The normalized spacial score (nSPS) is 19.7. The maximum Gasteiger partial charge on any atom is 0.239 e. The first-order chi connectivity index (χ1) is 16.9. The van der Waals surface area contributed by atoms with E-state index in [2.05, 4.69) is 37.6 Å². The number of nitrogens with zero attached hydrogens (tertiary/aromatic N) is 4. The Bertz CT molecular complexity index is 1230. The van der Waals surface area contributed by atoms with Gasteiger partial charge in [0.05, 0.1) is 11.5 Å². The van der Waals surface area contributed by atoms with Crippen molar-refractivity contribution in [2.24, 2.45) is 26.3 Å². The van der Waals surface area contributed by atoms with E-state index in [-0.39, 0.29) is 18.2 Å². The molecule has 0 atom stereocenters. The van der Waals surface area contributed by atoms with Crippen LogP contribution in [0.15, 0.2) is 56.5 Å². The zero-order valence-electron chi connectivity index (χ0n) is 19.7. The molecule has 3 heterocycles. The number of aliphatic hydroxyl groups is 1. The molecule has 35 heavy (non-hydrogen) atoms. The summed E-state index contributed by atoms with van der Waals surface area (Å²) in [5.41, 5.74) is 4.06.